The van der Waals surface area contributed by atoms with E-state index in [4.69, 9.17) is 4.74 Å². The minimum absolute atomic E-state index is 0.268. The van der Waals surface area contributed by atoms with Gasteiger partial charge in [0.1, 0.15) is 23.1 Å². The molecular weight excluding hydrogens is 376 g/mol. The summed E-state index contributed by atoms with van der Waals surface area (Å²) in [6.45, 7) is 13.8. The van der Waals surface area contributed by atoms with E-state index in [0.717, 1.165) is 15.8 Å². The summed E-state index contributed by atoms with van der Waals surface area (Å²) in [5.41, 5.74) is -0.486. The highest BCUT2D eigenvalue weighted by Crippen LogP contribution is 2.25. The van der Waals surface area contributed by atoms with E-state index < -0.39 is 5.60 Å². The first-order chi connectivity index (χ1) is 13.2. The number of aryl methyl sites for hydroxylation is 1. The molecule has 9 heteroatoms. The third-order valence-corrected chi connectivity index (χ3v) is 4.95. The number of anilines is 3. The van der Waals surface area contributed by atoms with Crippen molar-refractivity contribution in [3.63, 3.8) is 0 Å². The number of thiazole rings is 1. The van der Waals surface area contributed by atoms with Crippen molar-refractivity contribution in [2.45, 2.75) is 33.3 Å². The van der Waals surface area contributed by atoms with Gasteiger partial charge in [0.25, 0.3) is 0 Å². The second kappa shape index (κ2) is 8.14. The number of amides is 1. The summed E-state index contributed by atoms with van der Waals surface area (Å²) in [5.74, 6) is 2.21. The van der Waals surface area contributed by atoms with Crippen LogP contribution < -0.4 is 10.2 Å². The maximum atomic E-state index is 12.2. The van der Waals surface area contributed by atoms with Crippen molar-refractivity contribution >= 4 is 40.3 Å². The van der Waals surface area contributed by atoms with Gasteiger partial charge in [-0.25, -0.2) is 19.7 Å². The third-order valence-electron chi connectivity index (χ3n) is 4.04. The van der Waals surface area contributed by atoms with E-state index in [2.05, 4.69) is 31.7 Å². The first kappa shape index (κ1) is 20.1. The van der Waals surface area contributed by atoms with Crippen LogP contribution in [0, 0.1) is 6.92 Å². The standard InChI is InChI=1S/C19H26N6O2S/c1-6-14-12-20-17(28-14)23-15-11-16(22-13(2)21-15)24-7-9-25(10-8-24)18(26)27-19(3,4)5/h6,11-12H,1,7-10H2,2-5H3,(H,20,21,22,23). The SMILES string of the molecule is C=Cc1cnc(Nc2cc(N3CCN(C(=O)OC(C)(C)C)CC3)nc(C)n2)s1. The van der Waals surface area contributed by atoms with Crippen molar-refractivity contribution < 1.29 is 9.53 Å². The van der Waals surface area contributed by atoms with Gasteiger partial charge in [-0.3, -0.25) is 0 Å². The average molecular weight is 403 g/mol. The van der Waals surface area contributed by atoms with Gasteiger partial charge in [-0.05, 0) is 27.7 Å². The first-order valence-electron chi connectivity index (χ1n) is 9.17. The zero-order chi connectivity index (χ0) is 20.3. The van der Waals surface area contributed by atoms with E-state index in [1.165, 1.54) is 11.3 Å². The topological polar surface area (TPSA) is 83.5 Å². The highest BCUT2D eigenvalue weighted by Gasteiger charge is 2.26. The van der Waals surface area contributed by atoms with Gasteiger partial charge in [-0.1, -0.05) is 24.0 Å². The fourth-order valence-electron chi connectivity index (χ4n) is 2.77. The van der Waals surface area contributed by atoms with Gasteiger partial charge in [0.15, 0.2) is 5.13 Å². The van der Waals surface area contributed by atoms with Crippen LogP contribution in [0.15, 0.2) is 18.8 Å². The molecule has 0 aliphatic carbocycles. The Morgan fingerprint density at radius 1 is 1.29 bits per heavy atom. The second-order valence-corrected chi connectivity index (χ2v) is 8.57. The molecule has 8 nitrogen and oxygen atoms in total. The highest BCUT2D eigenvalue weighted by molar-refractivity contribution is 7.16. The van der Waals surface area contributed by atoms with Gasteiger partial charge in [0, 0.05) is 43.3 Å². The number of aromatic nitrogens is 3. The molecule has 2 aromatic heterocycles. The zero-order valence-corrected chi connectivity index (χ0v) is 17.5. The van der Waals surface area contributed by atoms with Gasteiger partial charge >= 0.3 is 6.09 Å². The molecule has 150 valence electrons. The lowest BCUT2D eigenvalue weighted by atomic mass is 10.2. The molecule has 1 aliphatic rings. The molecule has 1 fully saturated rings. The summed E-state index contributed by atoms with van der Waals surface area (Å²) in [7, 11) is 0. The van der Waals surface area contributed by atoms with Crippen molar-refractivity contribution in [2.75, 3.05) is 36.4 Å². The highest BCUT2D eigenvalue weighted by atomic mass is 32.1. The summed E-state index contributed by atoms with van der Waals surface area (Å²) in [4.78, 5) is 30.4. The minimum Gasteiger partial charge on any atom is -0.444 e. The van der Waals surface area contributed by atoms with E-state index >= 15 is 0 Å². The maximum Gasteiger partial charge on any atom is 0.410 e. The van der Waals surface area contributed by atoms with Crippen LogP contribution in [0.3, 0.4) is 0 Å². The summed E-state index contributed by atoms with van der Waals surface area (Å²) >= 11 is 1.51. The van der Waals surface area contributed by atoms with E-state index in [9.17, 15) is 4.79 Å². The van der Waals surface area contributed by atoms with Gasteiger partial charge in [-0.2, -0.15) is 0 Å². The number of carbonyl (C=O) groups is 1. The van der Waals surface area contributed by atoms with Crippen LogP contribution in [0.2, 0.25) is 0 Å². The molecular formula is C19H26N6O2S. The lowest BCUT2D eigenvalue weighted by Gasteiger charge is -2.36. The van der Waals surface area contributed by atoms with Gasteiger partial charge in [0.2, 0.25) is 0 Å². The first-order valence-corrected chi connectivity index (χ1v) is 9.99. The third kappa shape index (κ3) is 5.19. The Hall–Kier alpha value is -2.68. The molecule has 28 heavy (non-hydrogen) atoms. The molecule has 2 aromatic rings. The lowest BCUT2D eigenvalue weighted by molar-refractivity contribution is 0.0240. The fraction of sp³-hybridized carbons (Fsp3) is 0.474. The number of carbonyl (C=O) groups excluding carboxylic acids is 1. The maximum absolute atomic E-state index is 12.2. The van der Waals surface area contributed by atoms with E-state index in [0.29, 0.717) is 37.8 Å². The number of rotatable bonds is 4. The fourth-order valence-corrected chi connectivity index (χ4v) is 3.44. The van der Waals surface area contributed by atoms with Crippen LogP contribution in [0.25, 0.3) is 6.08 Å². The van der Waals surface area contributed by atoms with E-state index in [-0.39, 0.29) is 6.09 Å². The predicted octanol–water partition coefficient (Wildman–Crippen LogP) is 3.69. The molecule has 0 aromatic carbocycles. The summed E-state index contributed by atoms with van der Waals surface area (Å²) < 4.78 is 5.45. The summed E-state index contributed by atoms with van der Waals surface area (Å²) in [5, 5.41) is 3.99. The normalized spacial score (nSPS) is 14.7. The Morgan fingerprint density at radius 3 is 2.61 bits per heavy atom. The molecule has 0 saturated carbocycles. The summed E-state index contributed by atoms with van der Waals surface area (Å²) in [6.07, 6.45) is 3.27. The Balaban J connectivity index is 1.65. The molecule has 1 N–H and O–H groups in total. The number of hydrogen-bond donors (Lipinski definition) is 1. The number of hydrogen-bond acceptors (Lipinski definition) is 8. The zero-order valence-electron chi connectivity index (χ0n) is 16.7. The Bertz CT molecular complexity index is 852. The van der Waals surface area contributed by atoms with E-state index in [1.54, 1.807) is 17.2 Å². The van der Waals surface area contributed by atoms with Crippen LogP contribution in [-0.2, 0) is 4.74 Å². The summed E-state index contributed by atoms with van der Waals surface area (Å²) in [6, 6.07) is 1.91. The molecule has 1 aliphatic heterocycles. The molecule has 3 heterocycles. The quantitative estimate of drug-likeness (QED) is 0.835. The minimum atomic E-state index is -0.486. The van der Waals surface area contributed by atoms with Crippen LogP contribution in [0.1, 0.15) is 31.5 Å². The number of nitrogens with one attached hydrogen (secondary N) is 1. The average Bonchev–Trinajstić information content (AvgIpc) is 3.07. The van der Waals surface area contributed by atoms with Crippen molar-refractivity contribution in [1.29, 1.82) is 0 Å². The Kier molecular flexibility index (Phi) is 5.83. The van der Waals surface area contributed by atoms with Crippen LogP contribution in [0.5, 0.6) is 0 Å². The van der Waals surface area contributed by atoms with Crippen LogP contribution in [0.4, 0.5) is 21.6 Å². The number of nitrogens with zero attached hydrogens (tertiary/aromatic N) is 5. The Morgan fingerprint density at radius 2 is 2.00 bits per heavy atom. The van der Waals surface area contributed by atoms with Gasteiger partial charge in [-0.15, -0.1) is 0 Å². The smallest absolute Gasteiger partial charge is 0.410 e. The molecule has 1 amide bonds. The lowest BCUT2D eigenvalue weighted by Crippen LogP contribution is -2.50. The van der Waals surface area contributed by atoms with Crippen LogP contribution >= 0.6 is 11.3 Å². The van der Waals surface area contributed by atoms with Crippen molar-refractivity contribution in [3.05, 3.63) is 29.5 Å². The van der Waals surface area contributed by atoms with E-state index in [1.807, 2.05) is 33.8 Å². The molecule has 1 saturated heterocycles. The van der Waals surface area contributed by atoms with Crippen molar-refractivity contribution in [1.82, 2.24) is 19.9 Å². The monoisotopic (exact) mass is 402 g/mol. The molecule has 0 unspecified atom stereocenters. The van der Waals surface area contributed by atoms with Crippen molar-refractivity contribution in [3.8, 4) is 0 Å². The largest absolute Gasteiger partial charge is 0.444 e. The predicted molar refractivity (Wildman–Crippen MR) is 112 cm³/mol. The Labute approximate surface area is 169 Å². The molecule has 3 rings (SSSR count). The molecule has 0 bridgehead atoms. The van der Waals surface area contributed by atoms with Crippen molar-refractivity contribution in [2.24, 2.45) is 0 Å². The number of piperazine rings is 1. The van der Waals surface area contributed by atoms with Gasteiger partial charge in [0.05, 0.1) is 0 Å². The molecule has 0 atom stereocenters. The molecule has 0 spiro atoms. The number of ether oxygens (including phenoxy) is 1. The second-order valence-electron chi connectivity index (χ2n) is 7.51. The molecule has 0 radical (unpaired) electrons. The van der Waals surface area contributed by atoms with Gasteiger partial charge < -0.3 is 19.9 Å². The van der Waals surface area contributed by atoms with Crippen LogP contribution in [-0.4, -0.2) is 57.7 Å².